The fourth-order valence-corrected chi connectivity index (χ4v) is 1.08. The van der Waals surface area contributed by atoms with Crippen LogP contribution in [0.25, 0.3) is 0 Å². The number of carboxylic acids is 1. The van der Waals surface area contributed by atoms with E-state index in [0.717, 1.165) is 5.69 Å². The Morgan fingerprint density at radius 3 is 2.71 bits per heavy atom. The summed E-state index contributed by atoms with van der Waals surface area (Å²) in [5.74, 6) is -0.662. The normalized spacial score (nSPS) is 19.2. The molecule has 0 saturated heterocycles. The van der Waals surface area contributed by atoms with Gasteiger partial charge in [-0.05, 0) is 7.05 Å². The van der Waals surface area contributed by atoms with Crippen molar-refractivity contribution in [3.05, 3.63) is 18.2 Å². The number of rotatable bonds is 4. The highest BCUT2D eigenvalue weighted by molar-refractivity contribution is 5.99. The SMILES string of the molecule is CNC(Cc1c[nH]cn1)C(=O)O.NC1CC1=O. The number of carbonyl (C=O) groups is 2. The molecule has 17 heavy (non-hydrogen) atoms. The van der Waals surface area contributed by atoms with Gasteiger partial charge in [-0.15, -0.1) is 0 Å². The summed E-state index contributed by atoms with van der Waals surface area (Å²) in [4.78, 5) is 27.0. The van der Waals surface area contributed by atoms with Crippen LogP contribution in [0, 0.1) is 0 Å². The highest BCUT2D eigenvalue weighted by atomic mass is 16.4. The molecule has 0 aromatic carbocycles. The summed E-state index contributed by atoms with van der Waals surface area (Å²) in [5.41, 5.74) is 5.76. The molecular formula is C10H16N4O3. The number of carbonyl (C=O) groups excluding carboxylic acids is 1. The second kappa shape index (κ2) is 6.12. The molecule has 7 nitrogen and oxygen atoms in total. The standard InChI is InChI=1S/C7H11N3O2.C3H5NO/c1-8-6(7(11)12)2-5-3-9-4-10-5;4-2-1-3(2)5/h3-4,6,8H,2H2,1H3,(H,9,10)(H,11,12);2H,1,4H2. The number of nitrogens with one attached hydrogen (secondary N) is 2. The highest BCUT2D eigenvalue weighted by Crippen LogP contribution is 2.07. The number of likely N-dealkylation sites (N-methyl/N-ethyl adjacent to an activating group) is 1. The zero-order valence-electron chi connectivity index (χ0n) is 9.51. The minimum atomic E-state index is -0.861. The van der Waals surface area contributed by atoms with E-state index >= 15 is 0 Å². The van der Waals surface area contributed by atoms with Gasteiger partial charge in [-0.3, -0.25) is 9.59 Å². The fraction of sp³-hybridized carbons (Fsp3) is 0.500. The van der Waals surface area contributed by atoms with Crippen LogP contribution >= 0.6 is 0 Å². The highest BCUT2D eigenvalue weighted by Gasteiger charge is 2.29. The van der Waals surface area contributed by atoms with Crippen LogP contribution in [0.1, 0.15) is 12.1 Å². The lowest BCUT2D eigenvalue weighted by Gasteiger charge is -2.07. The fourth-order valence-electron chi connectivity index (χ4n) is 1.08. The van der Waals surface area contributed by atoms with Crippen molar-refractivity contribution in [1.29, 1.82) is 0 Å². The monoisotopic (exact) mass is 240 g/mol. The van der Waals surface area contributed by atoms with E-state index in [1.165, 1.54) is 6.33 Å². The molecule has 5 N–H and O–H groups in total. The molecule has 1 aliphatic rings. The van der Waals surface area contributed by atoms with Gasteiger partial charge in [-0.2, -0.15) is 0 Å². The number of carboxylic acid groups (broad SMARTS) is 1. The predicted octanol–water partition coefficient (Wildman–Crippen LogP) is -1.09. The number of Topliss-reactive ketones (excluding diaryl/α,β-unsaturated/α-hetero) is 1. The molecule has 2 rings (SSSR count). The lowest BCUT2D eigenvalue weighted by molar-refractivity contribution is -0.139. The van der Waals surface area contributed by atoms with Crippen molar-refractivity contribution < 1.29 is 14.7 Å². The second-order valence-electron chi connectivity index (χ2n) is 3.72. The number of aromatic amines is 1. The summed E-state index contributed by atoms with van der Waals surface area (Å²) in [5, 5.41) is 11.4. The molecule has 0 aliphatic heterocycles. The van der Waals surface area contributed by atoms with Gasteiger partial charge in [0.05, 0.1) is 18.1 Å². The third-order valence-electron chi connectivity index (χ3n) is 2.29. The lowest BCUT2D eigenvalue weighted by atomic mass is 10.2. The Balaban J connectivity index is 0.000000239. The van der Waals surface area contributed by atoms with E-state index in [2.05, 4.69) is 15.3 Å². The van der Waals surface area contributed by atoms with Crippen molar-refractivity contribution in [2.45, 2.75) is 24.9 Å². The van der Waals surface area contributed by atoms with Crippen LogP contribution in [-0.4, -0.2) is 46.0 Å². The molecule has 94 valence electrons. The Morgan fingerprint density at radius 2 is 2.41 bits per heavy atom. The van der Waals surface area contributed by atoms with Crippen LogP contribution in [0.4, 0.5) is 0 Å². The number of hydrogen-bond donors (Lipinski definition) is 4. The number of imidazole rings is 1. The van der Waals surface area contributed by atoms with Gasteiger partial charge in [-0.25, -0.2) is 4.98 Å². The maximum Gasteiger partial charge on any atom is 0.321 e. The minimum absolute atomic E-state index is 0.0880. The molecule has 1 saturated carbocycles. The quantitative estimate of drug-likeness (QED) is 0.530. The molecule has 1 aromatic rings. The number of nitrogens with zero attached hydrogens (tertiary/aromatic N) is 1. The van der Waals surface area contributed by atoms with E-state index in [4.69, 9.17) is 10.8 Å². The number of nitrogens with two attached hydrogens (primary N) is 1. The predicted molar refractivity (Wildman–Crippen MR) is 60.4 cm³/mol. The maximum atomic E-state index is 10.6. The maximum absolute atomic E-state index is 10.6. The van der Waals surface area contributed by atoms with Crippen LogP contribution in [0.5, 0.6) is 0 Å². The first-order valence-corrected chi connectivity index (χ1v) is 5.20. The lowest BCUT2D eigenvalue weighted by Crippen LogP contribution is -2.35. The van der Waals surface area contributed by atoms with Crippen molar-refractivity contribution >= 4 is 11.8 Å². The molecule has 7 heteroatoms. The summed E-state index contributed by atoms with van der Waals surface area (Å²) in [6, 6.07) is -0.650. The minimum Gasteiger partial charge on any atom is -0.480 e. The van der Waals surface area contributed by atoms with Gasteiger partial charge >= 0.3 is 5.97 Å². The average Bonchev–Trinajstić information content (AvgIpc) is 2.78. The van der Waals surface area contributed by atoms with E-state index in [1.807, 2.05) is 0 Å². The second-order valence-corrected chi connectivity index (χ2v) is 3.72. The third-order valence-corrected chi connectivity index (χ3v) is 2.29. The van der Waals surface area contributed by atoms with Gasteiger partial charge in [0.25, 0.3) is 0 Å². The van der Waals surface area contributed by atoms with E-state index < -0.39 is 12.0 Å². The first-order valence-electron chi connectivity index (χ1n) is 5.20. The Hall–Kier alpha value is -1.73. The summed E-state index contributed by atoms with van der Waals surface area (Å²) in [7, 11) is 1.62. The molecule has 1 fully saturated rings. The zero-order chi connectivity index (χ0) is 12.8. The summed E-state index contributed by atoms with van der Waals surface area (Å²) in [6.07, 6.45) is 4.23. The van der Waals surface area contributed by atoms with E-state index in [-0.39, 0.29) is 11.8 Å². The van der Waals surface area contributed by atoms with Gasteiger partial charge in [0.2, 0.25) is 0 Å². The molecule has 2 unspecified atom stereocenters. The zero-order valence-corrected chi connectivity index (χ0v) is 9.51. The van der Waals surface area contributed by atoms with Crippen LogP contribution in [0.3, 0.4) is 0 Å². The van der Waals surface area contributed by atoms with Crippen LogP contribution in [0.15, 0.2) is 12.5 Å². The Kier molecular flexibility index (Phi) is 4.80. The van der Waals surface area contributed by atoms with Crippen molar-refractivity contribution in [1.82, 2.24) is 15.3 Å². The van der Waals surface area contributed by atoms with Gasteiger partial charge in [0, 0.05) is 19.0 Å². The van der Waals surface area contributed by atoms with Gasteiger partial charge in [0.1, 0.15) is 6.04 Å². The number of aromatic nitrogens is 2. The molecule has 0 bridgehead atoms. The van der Waals surface area contributed by atoms with E-state index in [1.54, 1.807) is 13.2 Å². The summed E-state index contributed by atoms with van der Waals surface area (Å²) >= 11 is 0. The third kappa shape index (κ3) is 4.75. The molecule has 1 aliphatic carbocycles. The molecule has 0 amide bonds. The smallest absolute Gasteiger partial charge is 0.321 e. The number of ketones is 1. The molecule has 0 spiro atoms. The average molecular weight is 240 g/mol. The molecule has 2 atom stereocenters. The van der Waals surface area contributed by atoms with E-state index in [0.29, 0.717) is 12.8 Å². The molecule has 0 radical (unpaired) electrons. The molecule has 1 aromatic heterocycles. The largest absolute Gasteiger partial charge is 0.480 e. The van der Waals surface area contributed by atoms with Gasteiger partial charge < -0.3 is 21.1 Å². The van der Waals surface area contributed by atoms with Crippen molar-refractivity contribution in [2.24, 2.45) is 5.73 Å². The van der Waals surface area contributed by atoms with Crippen LogP contribution in [-0.2, 0) is 16.0 Å². The number of aliphatic carboxylic acids is 1. The number of H-pyrrole nitrogens is 1. The first-order chi connectivity index (χ1) is 8.04. The Morgan fingerprint density at radius 1 is 1.82 bits per heavy atom. The summed E-state index contributed by atoms with van der Waals surface area (Å²) < 4.78 is 0. The Labute approximate surface area is 98.4 Å². The first kappa shape index (κ1) is 13.3. The van der Waals surface area contributed by atoms with E-state index in [9.17, 15) is 9.59 Å². The summed E-state index contributed by atoms with van der Waals surface area (Å²) in [6.45, 7) is 0. The topological polar surface area (TPSA) is 121 Å². The molecule has 1 heterocycles. The van der Waals surface area contributed by atoms with Crippen LogP contribution < -0.4 is 11.1 Å². The van der Waals surface area contributed by atoms with Gasteiger partial charge in [-0.1, -0.05) is 0 Å². The van der Waals surface area contributed by atoms with Crippen molar-refractivity contribution in [3.63, 3.8) is 0 Å². The van der Waals surface area contributed by atoms with Gasteiger partial charge in [0.15, 0.2) is 5.78 Å². The Bertz CT molecular complexity index is 377. The number of hydrogen-bond acceptors (Lipinski definition) is 5. The van der Waals surface area contributed by atoms with Crippen molar-refractivity contribution in [3.8, 4) is 0 Å². The molecular weight excluding hydrogens is 224 g/mol. The van der Waals surface area contributed by atoms with Crippen molar-refractivity contribution in [2.75, 3.05) is 7.05 Å². The van der Waals surface area contributed by atoms with Crippen LogP contribution in [0.2, 0.25) is 0 Å².